The summed E-state index contributed by atoms with van der Waals surface area (Å²) in [4.78, 5) is 35.1. The van der Waals surface area contributed by atoms with Crippen LogP contribution in [0.15, 0.2) is 17.5 Å². The van der Waals surface area contributed by atoms with Crippen LogP contribution in [-0.2, 0) is 14.3 Å². The predicted octanol–water partition coefficient (Wildman–Crippen LogP) is -0.162. The number of rotatable bonds is 5. The van der Waals surface area contributed by atoms with Crippen molar-refractivity contribution in [3.63, 3.8) is 0 Å². The normalized spacial score (nSPS) is 21.4. The minimum absolute atomic E-state index is 0.0626. The van der Waals surface area contributed by atoms with Gasteiger partial charge in [0.25, 0.3) is 5.91 Å². The lowest BCUT2D eigenvalue weighted by Crippen LogP contribution is -2.57. The summed E-state index contributed by atoms with van der Waals surface area (Å²) in [5.41, 5.74) is -1.38. The Hall–Kier alpha value is -1.93. The van der Waals surface area contributed by atoms with Crippen molar-refractivity contribution in [2.75, 3.05) is 19.8 Å². The van der Waals surface area contributed by atoms with E-state index in [1.54, 1.807) is 17.5 Å². The number of aliphatic carboxylic acids is 1. The molecule has 2 rings (SSSR count). The van der Waals surface area contributed by atoms with Crippen LogP contribution >= 0.6 is 11.3 Å². The summed E-state index contributed by atoms with van der Waals surface area (Å²) in [6, 6.07) is 3.37. The van der Waals surface area contributed by atoms with Crippen molar-refractivity contribution < 1.29 is 24.2 Å². The second kappa shape index (κ2) is 6.02. The minimum Gasteiger partial charge on any atom is -0.479 e. The molecule has 1 unspecified atom stereocenters. The first-order chi connectivity index (χ1) is 9.53. The molecule has 1 fully saturated rings. The molecule has 0 bridgehead atoms. The average molecular weight is 298 g/mol. The molecule has 108 valence electrons. The minimum atomic E-state index is -1.38. The Morgan fingerprint density at radius 1 is 1.45 bits per heavy atom. The molecular weight excluding hydrogens is 284 g/mol. The predicted molar refractivity (Wildman–Crippen MR) is 70.6 cm³/mol. The van der Waals surface area contributed by atoms with Gasteiger partial charge in [-0.25, -0.2) is 4.79 Å². The highest BCUT2D eigenvalue weighted by Crippen LogP contribution is 2.18. The fourth-order valence-corrected chi connectivity index (χ4v) is 2.49. The van der Waals surface area contributed by atoms with Crippen LogP contribution in [0.1, 0.15) is 16.1 Å². The molecule has 1 aliphatic heterocycles. The van der Waals surface area contributed by atoms with Crippen molar-refractivity contribution >= 4 is 29.1 Å². The van der Waals surface area contributed by atoms with Gasteiger partial charge in [0, 0.05) is 13.0 Å². The number of ether oxygens (including phenoxy) is 1. The van der Waals surface area contributed by atoms with Crippen LogP contribution in [0.5, 0.6) is 0 Å². The Kier molecular flexibility index (Phi) is 4.35. The van der Waals surface area contributed by atoms with Crippen molar-refractivity contribution in [2.45, 2.75) is 12.0 Å². The molecule has 3 N–H and O–H groups in total. The van der Waals surface area contributed by atoms with Gasteiger partial charge in [-0.1, -0.05) is 6.07 Å². The molecule has 8 heteroatoms. The van der Waals surface area contributed by atoms with Gasteiger partial charge in [0.05, 0.1) is 18.0 Å². The summed E-state index contributed by atoms with van der Waals surface area (Å²) in [7, 11) is 0. The van der Waals surface area contributed by atoms with E-state index in [0.29, 0.717) is 4.88 Å². The Morgan fingerprint density at radius 2 is 2.25 bits per heavy atom. The van der Waals surface area contributed by atoms with Crippen molar-refractivity contribution in [2.24, 2.45) is 0 Å². The molecule has 1 aromatic heterocycles. The molecule has 1 atom stereocenters. The van der Waals surface area contributed by atoms with E-state index in [-0.39, 0.29) is 32.1 Å². The molecular formula is C12H14N2O5S. The molecule has 7 nitrogen and oxygen atoms in total. The van der Waals surface area contributed by atoms with Gasteiger partial charge in [-0.15, -0.1) is 11.3 Å². The third kappa shape index (κ3) is 3.14. The number of carboxylic acid groups (broad SMARTS) is 1. The highest BCUT2D eigenvalue weighted by molar-refractivity contribution is 7.12. The fraction of sp³-hybridized carbons (Fsp3) is 0.417. The molecule has 2 heterocycles. The first-order valence-electron chi connectivity index (χ1n) is 5.97. The Labute approximate surface area is 118 Å². The first kappa shape index (κ1) is 14.5. The van der Waals surface area contributed by atoms with Crippen molar-refractivity contribution in [3.8, 4) is 0 Å². The standard InChI is InChI=1S/C12H14N2O5S/c15-9(6-13-10(16)8-2-1-5-20-8)14-12(11(17)18)3-4-19-7-12/h1-2,5H,3-4,6-7H2,(H,13,16)(H,14,15)(H,17,18). The zero-order chi connectivity index (χ0) is 14.6. The van der Waals surface area contributed by atoms with E-state index >= 15 is 0 Å². The second-order valence-electron chi connectivity index (χ2n) is 4.40. The Morgan fingerprint density at radius 3 is 2.80 bits per heavy atom. The van der Waals surface area contributed by atoms with Gasteiger partial charge in [0.1, 0.15) is 0 Å². The largest absolute Gasteiger partial charge is 0.479 e. The number of carboxylic acids is 1. The summed E-state index contributed by atoms with van der Waals surface area (Å²) in [5.74, 6) is -2.04. The van der Waals surface area contributed by atoms with Gasteiger partial charge in [-0.3, -0.25) is 9.59 Å². The summed E-state index contributed by atoms with van der Waals surface area (Å²) in [6.45, 7) is -0.0488. The van der Waals surface area contributed by atoms with Gasteiger partial charge in [-0.2, -0.15) is 0 Å². The Balaban J connectivity index is 1.86. The van der Waals surface area contributed by atoms with Crippen LogP contribution in [0.3, 0.4) is 0 Å². The van der Waals surface area contributed by atoms with Crippen LogP contribution in [0.4, 0.5) is 0 Å². The Bertz CT molecular complexity index is 508. The molecule has 0 radical (unpaired) electrons. The quantitative estimate of drug-likeness (QED) is 0.700. The SMILES string of the molecule is O=C(CNC(=O)c1cccs1)NC1(C(=O)O)CCOC1. The van der Waals surface area contributed by atoms with Crippen molar-refractivity contribution in [3.05, 3.63) is 22.4 Å². The van der Waals surface area contributed by atoms with Gasteiger partial charge < -0.3 is 20.5 Å². The van der Waals surface area contributed by atoms with Crippen LogP contribution in [0.2, 0.25) is 0 Å². The lowest BCUT2D eigenvalue weighted by molar-refractivity contribution is -0.147. The van der Waals surface area contributed by atoms with Crippen molar-refractivity contribution in [1.29, 1.82) is 0 Å². The smallest absolute Gasteiger partial charge is 0.331 e. The maximum atomic E-state index is 11.7. The van der Waals surface area contributed by atoms with E-state index in [2.05, 4.69) is 10.6 Å². The number of hydrogen-bond donors (Lipinski definition) is 3. The number of carbonyl (C=O) groups is 3. The van der Waals surface area contributed by atoms with Crippen LogP contribution in [0.25, 0.3) is 0 Å². The highest BCUT2D eigenvalue weighted by atomic mass is 32.1. The van der Waals surface area contributed by atoms with Gasteiger partial charge in [0.15, 0.2) is 5.54 Å². The molecule has 1 aliphatic rings. The number of carbonyl (C=O) groups excluding carboxylic acids is 2. The summed E-state index contributed by atoms with van der Waals surface area (Å²) < 4.78 is 5.03. The van der Waals surface area contributed by atoms with Gasteiger partial charge in [-0.05, 0) is 11.4 Å². The molecule has 1 saturated heterocycles. The monoisotopic (exact) mass is 298 g/mol. The second-order valence-corrected chi connectivity index (χ2v) is 5.35. The zero-order valence-electron chi connectivity index (χ0n) is 10.5. The van der Waals surface area contributed by atoms with E-state index in [1.165, 1.54) is 11.3 Å². The van der Waals surface area contributed by atoms with Crippen molar-refractivity contribution in [1.82, 2.24) is 10.6 Å². The summed E-state index contributed by atoms with van der Waals surface area (Å²) in [6.07, 6.45) is 0.215. The number of amides is 2. The summed E-state index contributed by atoms with van der Waals surface area (Å²) >= 11 is 1.26. The van der Waals surface area contributed by atoms with E-state index in [0.717, 1.165) is 0 Å². The lowest BCUT2D eigenvalue weighted by atomic mass is 9.99. The highest BCUT2D eigenvalue weighted by Gasteiger charge is 2.43. The van der Waals surface area contributed by atoms with E-state index in [1.807, 2.05) is 0 Å². The van der Waals surface area contributed by atoms with E-state index in [9.17, 15) is 14.4 Å². The summed E-state index contributed by atoms with van der Waals surface area (Å²) in [5, 5.41) is 15.8. The molecule has 0 spiro atoms. The molecule has 0 aliphatic carbocycles. The third-order valence-electron chi connectivity index (χ3n) is 2.96. The molecule has 0 aromatic carbocycles. The zero-order valence-corrected chi connectivity index (χ0v) is 11.4. The first-order valence-corrected chi connectivity index (χ1v) is 6.85. The maximum Gasteiger partial charge on any atom is 0.331 e. The third-order valence-corrected chi connectivity index (χ3v) is 3.83. The number of nitrogens with one attached hydrogen (secondary N) is 2. The molecule has 1 aromatic rings. The van der Waals surface area contributed by atoms with Crippen LogP contribution in [0, 0.1) is 0 Å². The number of hydrogen-bond acceptors (Lipinski definition) is 5. The van der Waals surface area contributed by atoms with E-state index in [4.69, 9.17) is 9.84 Å². The lowest BCUT2D eigenvalue weighted by Gasteiger charge is -2.23. The number of thiophene rings is 1. The molecule has 0 saturated carbocycles. The molecule has 2 amide bonds. The van der Waals surface area contributed by atoms with Crippen LogP contribution < -0.4 is 10.6 Å². The molecule has 20 heavy (non-hydrogen) atoms. The van der Waals surface area contributed by atoms with Gasteiger partial charge in [0.2, 0.25) is 5.91 Å². The average Bonchev–Trinajstić information content (AvgIpc) is 3.07. The topological polar surface area (TPSA) is 105 Å². The fourth-order valence-electron chi connectivity index (χ4n) is 1.85. The van der Waals surface area contributed by atoms with E-state index < -0.39 is 17.4 Å². The van der Waals surface area contributed by atoms with Crippen LogP contribution in [-0.4, -0.2) is 48.2 Å². The maximum absolute atomic E-state index is 11.7. The van der Waals surface area contributed by atoms with Gasteiger partial charge >= 0.3 is 5.97 Å².